The van der Waals surface area contributed by atoms with Crippen LogP contribution in [-0.4, -0.2) is 0 Å². The molecule has 0 fully saturated rings. The molecule has 0 amide bonds. The molecule has 0 aliphatic rings. The predicted octanol–water partition coefficient (Wildman–Crippen LogP) is 16.5. The van der Waals surface area contributed by atoms with E-state index < -0.39 is 0 Å². The molecule has 0 bridgehead atoms. The molecule has 0 spiro atoms. The summed E-state index contributed by atoms with van der Waals surface area (Å²) in [5.41, 5.74) is 21.6. The Morgan fingerprint density at radius 3 is 0.800 bits per heavy atom. The molecule has 0 atom stereocenters. The Morgan fingerprint density at radius 1 is 0.267 bits per heavy atom. The standard InChI is InChI=1S/C58H52N2/c1-41-7-29-53(30-8-41)59(57-37-11-43(3)39-45(57)5)55-33-21-49(22-34-55)15-13-47-17-25-51(26-18-47)52-27-19-48(20-28-52)14-16-50-23-35-56(36-24-50)60(54-31-9-42(2)10-32-54)58-38-12-44(4)40-46(58)6/h7-40H,1-6H3. The van der Waals surface area contributed by atoms with Crippen LogP contribution in [0, 0.1) is 41.5 Å². The van der Waals surface area contributed by atoms with Gasteiger partial charge in [-0.1, -0.05) is 168 Å². The van der Waals surface area contributed by atoms with E-state index in [1.807, 2.05) is 0 Å². The van der Waals surface area contributed by atoms with Crippen LogP contribution in [-0.2, 0) is 0 Å². The second-order valence-corrected chi connectivity index (χ2v) is 16.0. The number of rotatable bonds is 11. The van der Waals surface area contributed by atoms with Gasteiger partial charge in [-0.15, -0.1) is 0 Å². The largest absolute Gasteiger partial charge is 0.310 e. The van der Waals surface area contributed by atoms with Crippen LogP contribution in [0.3, 0.4) is 0 Å². The lowest BCUT2D eigenvalue weighted by Crippen LogP contribution is -2.11. The molecule has 0 unspecified atom stereocenters. The van der Waals surface area contributed by atoms with E-state index in [0.29, 0.717) is 0 Å². The minimum absolute atomic E-state index is 1.14. The van der Waals surface area contributed by atoms with Gasteiger partial charge in [0.15, 0.2) is 0 Å². The van der Waals surface area contributed by atoms with E-state index in [1.54, 1.807) is 0 Å². The van der Waals surface area contributed by atoms with E-state index >= 15 is 0 Å². The Hall–Kier alpha value is -7.16. The maximum Gasteiger partial charge on any atom is 0.0490 e. The summed E-state index contributed by atoms with van der Waals surface area (Å²) in [4.78, 5) is 4.69. The van der Waals surface area contributed by atoms with Gasteiger partial charge in [0, 0.05) is 34.1 Å². The molecule has 2 nitrogen and oxygen atoms in total. The normalized spacial score (nSPS) is 11.4. The third kappa shape index (κ3) is 9.25. The first kappa shape index (κ1) is 39.7. The monoisotopic (exact) mass is 776 g/mol. The fraction of sp³-hybridized carbons (Fsp3) is 0.103. The summed E-state index contributed by atoms with van der Waals surface area (Å²) < 4.78 is 0. The summed E-state index contributed by atoms with van der Waals surface area (Å²) >= 11 is 0. The first-order valence-corrected chi connectivity index (χ1v) is 20.8. The van der Waals surface area contributed by atoms with Gasteiger partial charge in [-0.3, -0.25) is 0 Å². The van der Waals surface area contributed by atoms with Gasteiger partial charge in [-0.25, -0.2) is 0 Å². The SMILES string of the molecule is Cc1ccc(N(c2ccc(C=Cc3ccc(-c4ccc(C=Cc5ccc(N(c6ccc(C)cc6)c6ccc(C)cc6C)cc5)cc4)cc3)cc2)c2ccc(C)cc2C)cc1. The van der Waals surface area contributed by atoms with E-state index in [1.165, 1.54) is 67.0 Å². The zero-order valence-corrected chi connectivity index (χ0v) is 35.5. The van der Waals surface area contributed by atoms with Crippen molar-refractivity contribution >= 4 is 58.4 Å². The minimum atomic E-state index is 1.14. The molecule has 0 saturated heterocycles. The zero-order chi connectivity index (χ0) is 41.6. The summed E-state index contributed by atoms with van der Waals surface area (Å²) in [5.74, 6) is 0. The molecule has 0 aliphatic heterocycles. The molecule has 0 heterocycles. The third-order valence-corrected chi connectivity index (χ3v) is 11.2. The van der Waals surface area contributed by atoms with Crippen molar-refractivity contribution in [1.29, 1.82) is 0 Å². The highest BCUT2D eigenvalue weighted by Crippen LogP contribution is 2.39. The van der Waals surface area contributed by atoms with Gasteiger partial charge in [0.2, 0.25) is 0 Å². The van der Waals surface area contributed by atoms with Gasteiger partial charge in [0.1, 0.15) is 0 Å². The lowest BCUT2D eigenvalue weighted by atomic mass is 10.0. The number of benzene rings is 8. The average Bonchev–Trinajstić information content (AvgIpc) is 3.26. The van der Waals surface area contributed by atoms with Crippen LogP contribution in [0.4, 0.5) is 34.1 Å². The molecule has 0 saturated carbocycles. The molecule has 8 aromatic carbocycles. The van der Waals surface area contributed by atoms with Crippen molar-refractivity contribution in [2.24, 2.45) is 0 Å². The molecular formula is C58H52N2. The first-order valence-electron chi connectivity index (χ1n) is 20.8. The number of aryl methyl sites for hydroxylation is 6. The second kappa shape index (κ2) is 17.8. The van der Waals surface area contributed by atoms with E-state index in [-0.39, 0.29) is 0 Å². The number of anilines is 6. The van der Waals surface area contributed by atoms with Crippen LogP contribution in [0.1, 0.15) is 55.6 Å². The molecule has 294 valence electrons. The van der Waals surface area contributed by atoms with Crippen molar-refractivity contribution < 1.29 is 0 Å². The van der Waals surface area contributed by atoms with Crippen molar-refractivity contribution in [2.45, 2.75) is 41.5 Å². The summed E-state index contributed by atoms with van der Waals surface area (Å²) in [6.07, 6.45) is 8.74. The Labute approximate surface area is 357 Å². The van der Waals surface area contributed by atoms with Gasteiger partial charge in [0.05, 0.1) is 0 Å². The number of nitrogens with zero attached hydrogens (tertiary/aromatic N) is 2. The predicted molar refractivity (Wildman–Crippen MR) is 260 cm³/mol. The molecular weight excluding hydrogens is 725 g/mol. The smallest absolute Gasteiger partial charge is 0.0490 e. The van der Waals surface area contributed by atoms with Gasteiger partial charge in [-0.05, 0) is 147 Å². The van der Waals surface area contributed by atoms with Crippen molar-refractivity contribution in [3.8, 4) is 11.1 Å². The van der Waals surface area contributed by atoms with Crippen LogP contribution in [0.15, 0.2) is 182 Å². The lowest BCUT2D eigenvalue weighted by Gasteiger charge is -2.27. The highest BCUT2D eigenvalue weighted by Gasteiger charge is 2.16. The maximum atomic E-state index is 2.34. The van der Waals surface area contributed by atoms with Crippen molar-refractivity contribution in [3.05, 3.63) is 238 Å². The first-order chi connectivity index (χ1) is 29.2. The van der Waals surface area contributed by atoms with Crippen LogP contribution < -0.4 is 9.80 Å². The highest BCUT2D eigenvalue weighted by molar-refractivity contribution is 5.82. The fourth-order valence-corrected chi connectivity index (χ4v) is 7.78. The zero-order valence-electron chi connectivity index (χ0n) is 35.5. The van der Waals surface area contributed by atoms with E-state index in [2.05, 4.69) is 258 Å². The third-order valence-electron chi connectivity index (χ3n) is 11.2. The Bertz CT molecular complexity index is 2560. The Kier molecular flexibility index (Phi) is 11.7. The van der Waals surface area contributed by atoms with E-state index in [0.717, 1.165) is 33.9 Å². The average molecular weight is 777 g/mol. The Balaban J connectivity index is 0.919. The highest BCUT2D eigenvalue weighted by atomic mass is 15.1. The van der Waals surface area contributed by atoms with Crippen LogP contribution in [0.2, 0.25) is 0 Å². The van der Waals surface area contributed by atoms with Crippen molar-refractivity contribution in [2.75, 3.05) is 9.80 Å². The quantitative estimate of drug-likeness (QED) is 0.121. The van der Waals surface area contributed by atoms with Gasteiger partial charge in [0.25, 0.3) is 0 Å². The van der Waals surface area contributed by atoms with Crippen LogP contribution >= 0.6 is 0 Å². The second-order valence-electron chi connectivity index (χ2n) is 16.0. The molecule has 8 rings (SSSR count). The summed E-state index contributed by atoms with van der Waals surface area (Å²) in [6.45, 7) is 12.9. The van der Waals surface area contributed by atoms with E-state index in [4.69, 9.17) is 0 Å². The van der Waals surface area contributed by atoms with Gasteiger partial charge < -0.3 is 9.80 Å². The molecule has 0 radical (unpaired) electrons. The van der Waals surface area contributed by atoms with Crippen molar-refractivity contribution in [3.63, 3.8) is 0 Å². The van der Waals surface area contributed by atoms with Gasteiger partial charge in [-0.2, -0.15) is 0 Å². The molecule has 0 aromatic heterocycles. The maximum absolute atomic E-state index is 2.34. The molecule has 8 aromatic rings. The molecule has 0 aliphatic carbocycles. The number of hydrogen-bond acceptors (Lipinski definition) is 2. The van der Waals surface area contributed by atoms with E-state index in [9.17, 15) is 0 Å². The van der Waals surface area contributed by atoms with Crippen LogP contribution in [0.25, 0.3) is 35.4 Å². The topological polar surface area (TPSA) is 6.48 Å². The lowest BCUT2D eigenvalue weighted by molar-refractivity contribution is 1.23. The fourth-order valence-electron chi connectivity index (χ4n) is 7.78. The minimum Gasteiger partial charge on any atom is -0.310 e. The van der Waals surface area contributed by atoms with Gasteiger partial charge >= 0.3 is 0 Å². The summed E-state index contributed by atoms with van der Waals surface area (Å²) in [5, 5.41) is 0. The summed E-state index contributed by atoms with van der Waals surface area (Å²) in [7, 11) is 0. The number of hydrogen-bond donors (Lipinski definition) is 0. The van der Waals surface area contributed by atoms with Crippen molar-refractivity contribution in [1.82, 2.24) is 0 Å². The molecule has 0 N–H and O–H groups in total. The Morgan fingerprint density at radius 2 is 0.517 bits per heavy atom. The summed E-state index contributed by atoms with van der Waals surface area (Å²) in [6, 6.07) is 66.1. The molecule has 2 heteroatoms. The molecule has 60 heavy (non-hydrogen) atoms. The van der Waals surface area contributed by atoms with Crippen LogP contribution in [0.5, 0.6) is 0 Å².